The molecule has 1 heterocycles. The van der Waals surface area contributed by atoms with Crippen LogP contribution in [0.3, 0.4) is 0 Å². The number of rotatable bonds is 6. The maximum atomic E-state index is 11.9. The van der Waals surface area contributed by atoms with Crippen molar-refractivity contribution in [1.29, 1.82) is 0 Å². The summed E-state index contributed by atoms with van der Waals surface area (Å²) in [6.07, 6.45) is 5.31. The van der Waals surface area contributed by atoms with Crippen LogP contribution >= 0.6 is 11.6 Å². The molecule has 0 aromatic carbocycles. The van der Waals surface area contributed by atoms with E-state index in [9.17, 15) is 4.79 Å². The number of halogens is 1. The molecule has 1 aromatic rings. The van der Waals surface area contributed by atoms with Crippen LogP contribution < -0.4 is 0 Å². The number of aliphatic hydroxyl groups is 1. The van der Waals surface area contributed by atoms with Gasteiger partial charge < -0.3 is 10.0 Å². The fourth-order valence-corrected chi connectivity index (χ4v) is 1.53. The number of carbonyl (C=O) groups excluding carboxylic acids is 1. The molecule has 17 heavy (non-hydrogen) atoms. The zero-order valence-electron chi connectivity index (χ0n) is 9.77. The average molecular weight is 258 g/mol. The van der Waals surface area contributed by atoms with Crippen LogP contribution in [0.15, 0.2) is 12.4 Å². The van der Waals surface area contributed by atoms with E-state index in [-0.39, 0.29) is 23.4 Å². The molecule has 0 aliphatic rings. The minimum Gasteiger partial charge on any atom is -0.396 e. The highest BCUT2D eigenvalue weighted by Gasteiger charge is 2.13. The monoisotopic (exact) mass is 257 g/mol. The van der Waals surface area contributed by atoms with Crippen LogP contribution in [0.2, 0.25) is 5.15 Å². The number of carbonyl (C=O) groups is 1. The first-order valence-electron chi connectivity index (χ1n) is 5.49. The summed E-state index contributed by atoms with van der Waals surface area (Å²) in [5.41, 5.74) is 0.252. The fraction of sp³-hybridized carbons (Fsp3) is 0.545. The lowest BCUT2D eigenvalue weighted by Gasteiger charge is -2.16. The number of unbranched alkanes of at least 4 members (excludes halogenated alkanes) is 2. The van der Waals surface area contributed by atoms with Gasteiger partial charge in [0.05, 0.1) is 12.4 Å². The molecule has 0 saturated heterocycles. The van der Waals surface area contributed by atoms with E-state index < -0.39 is 0 Å². The molecular formula is C11H16ClN3O2. The van der Waals surface area contributed by atoms with Gasteiger partial charge in [-0.2, -0.15) is 0 Å². The summed E-state index contributed by atoms with van der Waals surface area (Å²) >= 11 is 5.67. The quantitative estimate of drug-likeness (QED) is 0.782. The van der Waals surface area contributed by atoms with E-state index >= 15 is 0 Å². The maximum Gasteiger partial charge on any atom is 0.273 e. The van der Waals surface area contributed by atoms with E-state index in [0.717, 1.165) is 19.3 Å². The van der Waals surface area contributed by atoms with E-state index in [1.807, 2.05) is 0 Å². The van der Waals surface area contributed by atoms with E-state index in [1.54, 1.807) is 11.9 Å². The predicted octanol–water partition coefficient (Wildman–Crippen LogP) is 1.36. The van der Waals surface area contributed by atoms with Gasteiger partial charge in [0.1, 0.15) is 10.8 Å². The Balaban J connectivity index is 2.46. The Morgan fingerprint density at radius 3 is 2.82 bits per heavy atom. The van der Waals surface area contributed by atoms with E-state index in [1.165, 1.54) is 12.4 Å². The second kappa shape index (κ2) is 7.19. The SMILES string of the molecule is CN(CCCCCO)C(=O)c1cncc(Cl)n1. The molecule has 0 aliphatic carbocycles. The summed E-state index contributed by atoms with van der Waals surface area (Å²) in [5.74, 6) is -0.191. The van der Waals surface area contributed by atoms with Crippen molar-refractivity contribution in [1.82, 2.24) is 14.9 Å². The van der Waals surface area contributed by atoms with Gasteiger partial charge in [0.25, 0.3) is 5.91 Å². The Morgan fingerprint density at radius 2 is 2.18 bits per heavy atom. The van der Waals surface area contributed by atoms with Crippen LogP contribution in [-0.4, -0.2) is 46.1 Å². The van der Waals surface area contributed by atoms with E-state index in [2.05, 4.69) is 9.97 Å². The highest BCUT2D eigenvalue weighted by Crippen LogP contribution is 2.06. The molecule has 0 spiro atoms. The lowest BCUT2D eigenvalue weighted by molar-refractivity contribution is 0.0786. The van der Waals surface area contributed by atoms with E-state index in [4.69, 9.17) is 16.7 Å². The van der Waals surface area contributed by atoms with Crippen LogP contribution in [0.1, 0.15) is 29.8 Å². The number of aliphatic hydroxyl groups excluding tert-OH is 1. The molecule has 0 atom stereocenters. The van der Waals surface area contributed by atoms with Crippen molar-refractivity contribution in [3.05, 3.63) is 23.2 Å². The average Bonchev–Trinajstić information content (AvgIpc) is 2.33. The third kappa shape index (κ3) is 4.66. The third-order valence-corrected chi connectivity index (χ3v) is 2.50. The zero-order chi connectivity index (χ0) is 12.7. The van der Waals surface area contributed by atoms with Crippen LogP contribution in [-0.2, 0) is 0 Å². The standard InChI is InChI=1S/C11H16ClN3O2/c1-15(5-3-2-4-6-16)11(17)9-7-13-8-10(12)14-9/h7-8,16H,2-6H2,1H3. The minimum atomic E-state index is -0.191. The lowest BCUT2D eigenvalue weighted by atomic mass is 10.2. The topological polar surface area (TPSA) is 66.3 Å². The van der Waals surface area contributed by atoms with Gasteiger partial charge in [-0.3, -0.25) is 9.78 Å². The molecule has 0 fully saturated rings. The second-order valence-corrected chi connectivity index (χ2v) is 4.13. The summed E-state index contributed by atoms with van der Waals surface area (Å²) in [4.78, 5) is 21.2. The number of amides is 1. The molecule has 0 aliphatic heterocycles. The van der Waals surface area contributed by atoms with Crippen molar-refractivity contribution in [3.63, 3.8) is 0 Å². The van der Waals surface area contributed by atoms with Crippen molar-refractivity contribution in [2.45, 2.75) is 19.3 Å². The maximum absolute atomic E-state index is 11.9. The zero-order valence-corrected chi connectivity index (χ0v) is 10.5. The molecule has 1 N–H and O–H groups in total. The highest BCUT2D eigenvalue weighted by atomic mass is 35.5. The normalized spacial score (nSPS) is 10.3. The van der Waals surface area contributed by atoms with Crippen molar-refractivity contribution < 1.29 is 9.90 Å². The van der Waals surface area contributed by atoms with Gasteiger partial charge in [-0.15, -0.1) is 0 Å². The lowest BCUT2D eigenvalue weighted by Crippen LogP contribution is -2.28. The van der Waals surface area contributed by atoms with Crippen LogP contribution in [0.25, 0.3) is 0 Å². The van der Waals surface area contributed by atoms with Gasteiger partial charge in [-0.1, -0.05) is 11.6 Å². The Kier molecular flexibility index (Phi) is 5.86. The number of aromatic nitrogens is 2. The smallest absolute Gasteiger partial charge is 0.273 e. The fourth-order valence-electron chi connectivity index (χ4n) is 1.38. The largest absolute Gasteiger partial charge is 0.396 e. The molecule has 5 nitrogen and oxygen atoms in total. The molecule has 0 radical (unpaired) electrons. The Morgan fingerprint density at radius 1 is 1.41 bits per heavy atom. The predicted molar refractivity (Wildman–Crippen MR) is 64.9 cm³/mol. The van der Waals surface area contributed by atoms with Crippen LogP contribution in [0.5, 0.6) is 0 Å². The molecule has 0 saturated carbocycles. The number of hydrogen-bond donors (Lipinski definition) is 1. The molecule has 1 amide bonds. The van der Waals surface area contributed by atoms with Crippen LogP contribution in [0.4, 0.5) is 0 Å². The summed E-state index contributed by atoms with van der Waals surface area (Å²) in [5, 5.41) is 8.85. The van der Waals surface area contributed by atoms with Gasteiger partial charge >= 0.3 is 0 Å². The first kappa shape index (κ1) is 13.9. The van der Waals surface area contributed by atoms with Gasteiger partial charge in [-0.25, -0.2) is 4.98 Å². The summed E-state index contributed by atoms with van der Waals surface area (Å²) in [7, 11) is 1.71. The number of hydrogen-bond acceptors (Lipinski definition) is 4. The molecule has 1 rings (SSSR count). The second-order valence-electron chi connectivity index (χ2n) is 3.74. The summed E-state index contributed by atoms with van der Waals surface area (Å²) < 4.78 is 0. The van der Waals surface area contributed by atoms with Crippen molar-refractivity contribution >= 4 is 17.5 Å². The summed E-state index contributed by atoms with van der Waals surface area (Å²) in [6.45, 7) is 0.824. The van der Waals surface area contributed by atoms with E-state index in [0.29, 0.717) is 6.54 Å². The van der Waals surface area contributed by atoms with Crippen LogP contribution in [0, 0.1) is 0 Å². The first-order valence-corrected chi connectivity index (χ1v) is 5.87. The minimum absolute atomic E-state index is 0.191. The molecule has 6 heteroatoms. The Bertz CT molecular complexity index is 373. The number of nitrogens with zero attached hydrogens (tertiary/aromatic N) is 3. The van der Waals surface area contributed by atoms with Crippen molar-refractivity contribution in [2.75, 3.05) is 20.2 Å². The molecular weight excluding hydrogens is 242 g/mol. The van der Waals surface area contributed by atoms with Gasteiger partial charge in [-0.05, 0) is 19.3 Å². The molecule has 94 valence electrons. The van der Waals surface area contributed by atoms with Crippen molar-refractivity contribution in [2.24, 2.45) is 0 Å². The first-order chi connectivity index (χ1) is 8.15. The summed E-state index contributed by atoms with van der Waals surface area (Å²) in [6, 6.07) is 0. The molecule has 0 unspecified atom stereocenters. The van der Waals surface area contributed by atoms with Gasteiger partial charge in [0.2, 0.25) is 0 Å². The Labute approximate surface area is 105 Å². The van der Waals surface area contributed by atoms with Gasteiger partial charge in [0, 0.05) is 20.2 Å². The van der Waals surface area contributed by atoms with Gasteiger partial charge in [0.15, 0.2) is 0 Å². The highest BCUT2D eigenvalue weighted by molar-refractivity contribution is 6.29. The third-order valence-electron chi connectivity index (χ3n) is 2.32. The van der Waals surface area contributed by atoms with Crippen molar-refractivity contribution in [3.8, 4) is 0 Å². The molecule has 1 aromatic heterocycles. The Hall–Kier alpha value is -1.20. The molecule has 0 bridgehead atoms.